The van der Waals surface area contributed by atoms with Crippen molar-refractivity contribution in [1.82, 2.24) is 19.5 Å². The zero-order valence-corrected chi connectivity index (χ0v) is 16.3. The van der Waals surface area contributed by atoms with Crippen LogP contribution in [0.4, 0.5) is 11.0 Å². The third-order valence-electron chi connectivity index (χ3n) is 3.97. The second-order valence-electron chi connectivity index (χ2n) is 5.96. The summed E-state index contributed by atoms with van der Waals surface area (Å²) in [6, 6.07) is 4.48. The summed E-state index contributed by atoms with van der Waals surface area (Å²) in [5.41, 5.74) is 5.28. The van der Waals surface area contributed by atoms with Crippen LogP contribution in [-0.4, -0.2) is 19.5 Å². The van der Waals surface area contributed by atoms with Gasteiger partial charge in [-0.1, -0.05) is 5.16 Å². The van der Waals surface area contributed by atoms with Gasteiger partial charge >= 0.3 is 6.01 Å². The number of benzene rings is 1. The van der Waals surface area contributed by atoms with Crippen LogP contribution in [0.3, 0.4) is 0 Å². The third kappa shape index (κ3) is 3.42. The van der Waals surface area contributed by atoms with Crippen LogP contribution in [0.5, 0.6) is 0 Å². The Hall–Kier alpha value is -4.31. The molecule has 0 aliphatic heterocycles. The number of anilines is 2. The average Bonchev–Trinajstić information content (AvgIpc) is 3.33. The Bertz CT molecular complexity index is 1540. The molecule has 148 valence electrons. The Balaban J connectivity index is 1.75. The van der Waals surface area contributed by atoms with E-state index in [1.165, 1.54) is 12.1 Å². The first-order valence-electron chi connectivity index (χ1n) is 8.38. The molecule has 13 heteroatoms. The molecule has 0 spiro atoms. The van der Waals surface area contributed by atoms with Gasteiger partial charge < -0.3 is 4.52 Å². The number of aryl methyl sites for hydroxylation is 2. The molecule has 0 aliphatic carbocycles. The molecule has 0 bridgehead atoms. The van der Waals surface area contributed by atoms with E-state index in [0.717, 1.165) is 11.5 Å². The molecule has 1 aromatic carbocycles. The van der Waals surface area contributed by atoms with Crippen molar-refractivity contribution in [2.75, 3.05) is 10.9 Å². The van der Waals surface area contributed by atoms with Crippen molar-refractivity contribution in [2.45, 2.75) is 13.8 Å². The molecule has 30 heavy (non-hydrogen) atoms. The average molecular weight is 421 g/mol. The molecule has 4 aromatic rings. The van der Waals surface area contributed by atoms with E-state index in [9.17, 15) is 14.9 Å². The van der Waals surface area contributed by atoms with E-state index in [2.05, 4.69) is 46.6 Å². The molecular formula is C17H11N9O3S. The highest BCUT2D eigenvalue weighted by molar-refractivity contribution is 7.11. The zero-order chi connectivity index (χ0) is 21.3. The lowest BCUT2D eigenvalue weighted by Gasteiger charge is -2.00. The van der Waals surface area contributed by atoms with Gasteiger partial charge in [0, 0.05) is 0 Å². The van der Waals surface area contributed by atoms with Crippen molar-refractivity contribution >= 4 is 33.5 Å². The number of hydrogen-bond acceptors (Lipinski definition) is 13. The van der Waals surface area contributed by atoms with Gasteiger partial charge in [0.25, 0.3) is 0 Å². The minimum absolute atomic E-state index is 0.0531. The van der Waals surface area contributed by atoms with Gasteiger partial charge in [-0.05, 0) is 37.5 Å². The summed E-state index contributed by atoms with van der Waals surface area (Å²) in [6.45, 7) is 3.32. The molecular weight excluding hydrogens is 410 g/mol. The van der Waals surface area contributed by atoms with Gasteiger partial charge in [-0.3, -0.25) is 20.0 Å². The van der Waals surface area contributed by atoms with E-state index in [1.54, 1.807) is 20.0 Å². The first kappa shape index (κ1) is 19.0. The predicted molar refractivity (Wildman–Crippen MR) is 106 cm³/mol. The molecule has 4 rings (SSSR count). The monoisotopic (exact) mass is 421 g/mol. The molecule has 0 atom stereocenters. The highest BCUT2D eigenvalue weighted by Gasteiger charge is 2.13. The van der Waals surface area contributed by atoms with E-state index in [-0.39, 0.29) is 16.7 Å². The van der Waals surface area contributed by atoms with Gasteiger partial charge in [0.2, 0.25) is 10.9 Å². The number of nitrogens with zero attached hydrogens (tertiary/aromatic N) is 7. The number of nitrogens with one attached hydrogen (secondary N) is 2. The molecule has 0 saturated carbocycles. The number of nitriles is 1. The van der Waals surface area contributed by atoms with Crippen LogP contribution < -0.4 is 32.4 Å². The number of aromatic nitrogens is 4. The topological polar surface area (TPSA) is 171 Å². The molecule has 3 heterocycles. The largest absolute Gasteiger partial charge is 0.341 e. The van der Waals surface area contributed by atoms with Gasteiger partial charge in [0.1, 0.15) is 21.9 Å². The zero-order valence-electron chi connectivity index (χ0n) is 15.5. The summed E-state index contributed by atoms with van der Waals surface area (Å²) in [5, 5.41) is 21.4. The normalized spacial score (nSPS) is 12.3. The fourth-order valence-electron chi connectivity index (χ4n) is 2.54. The van der Waals surface area contributed by atoms with E-state index in [1.807, 2.05) is 0 Å². The van der Waals surface area contributed by atoms with Gasteiger partial charge in [0.05, 0.1) is 22.8 Å². The maximum absolute atomic E-state index is 12.6. The fraction of sp³-hybridized carbons (Fsp3) is 0.118. The van der Waals surface area contributed by atoms with Crippen molar-refractivity contribution in [3.05, 3.63) is 66.6 Å². The Morgan fingerprint density at radius 2 is 2.03 bits per heavy atom. The second kappa shape index (κ2) is 7.60. The van der Waals surface area contributed by atoms with Gasteiger partial charge in [-0.25, -0.2) is 5.43 Å². The van der Waals surface area contributed by atoms with Gasteiger partial charge in [0.15, 0.2) is 11.2 Å². The van der Waals surface area contributed by atoms with Crippen molar-refractivity contribution in [2.24, 2.45) is 10.2 Å². The van der Waals surface area contributed by atoms with E-state index in [4.69, 9.17) is 4.52 Å². The molecule has 0 unspecified atom stereocenters. The predicted octanol–water partition coefficient (Wildman–Crippen LogP) is 0.0144. The highest BCUT2D eigenvalue weighted by atomic mass is 32.1. The van der Waals surface area contributed by atoms with E-state index in [0.29, 0.717) is 33.0 Å². The Morgan fingerprint density at radius 3 is 2.77 bits per heavy atom. The molecule has 2 N–H and O–H groups in total. The van der Waals surface area contributed by atoms with Crippen molar-refractivity contribution < 1.29 is 4.52 Å². The maximum Gasteiger partial charge on any atom is 0.341 e. The lowest BCUT2D eigenvalue weighted by molar-refractivity contribution is 0.425. The lowest BCUT2D eigenvalue weighted by Crippen LogP contribution is -2.47. The van der Waals surface area contributed by atoms with Crippen LogP contribution in [-0.2, 0) is 0 Å². The molecule has 0 fully saturated rings. The van der Waals surface area contributed by atoms with Crippen molar-refractivity contribution in [3.8, 4) is 6.07 Å². The van der Waals surface area contributed by atoms with Crippen LogP contribution >= 0.6 is 11.5 Å². The smallest absolute Gasteiger partial charge is 0.314 e. The van der Waals surface area contributed by atoms with Gasteiger partial charge in [-0.2, -0.15) is 24.8 Å². The van der Waals surface area contributed by atoms with Crippen LogP contribution in [0.1, 0.15) is 17.1 Å². The van der Waals surface area contributed by atoms with E-state index >= 15 is 0 Å². The minimum atomic E-state index is -0.703. The quantitative estimate of drug-likeness (QED) is 0.428. The van der Waals surface area contributed by atoms with Crippen molar-refractivity contribution in [3.63, 3.8) is 0 Å². The maximum atomic E-state index is 12.6. The SMILES string of the molecule is Cc1noc(NN=c2c(=O)ccc(=NNc3snc4cnc(C)c(C#N)c34)c2=O)n1. The van der Waals surface area contributed by atoms with Crippen LogP contribution in [0.2, 0.25) is 0 Å². The standard InChI is InChI=1S/C17H11N9O3S/c1-7-9(5-18)13-11(6-19-7)26-30-16(13)23-21-10-3-4-12(27)14(15(10)28)22-24-17-20-8(2)25-29-17/h3-4,6,23H,1-2H3,(H,20,24,25). The number of fused-ring (bicyclic) bond motifs is 1. The fourth-order valence-corrected chi connectivity index (χ4v) is 3.25. The number of pyridine rings is 1. The first-order valence-corrected chi connectivity index (χ1v) is 9.15. The molecule has 0 aliphatic rings. The Morgan fingerprint density at radius 1 is 1.20 bits per heavy atom. The number of hydrogen-bond donors (Lipinski definition) is 2. The van der Waals surface area contributed by atoms with E-state index < -0.39 is 10.9 Å². The summed E-state index contributed by atoms with van der Waals surface area (Å²) >= 11 is 1.07. The molecule has 12 nitrogen and oxygen atoms in total. The summed E-state index contributed by atoms with van der Waals surface area (Å²) in [4.78, 5) is 32.6. The minimum Gasteiger partial charge on any atom is -0.314 e. The molecule has 0 saturated heterocycles. The Labute approximate surface area is 170 Å². The highest BCUT2D eigenvalue weighted by Crippen LogP contribution is 2.31. The lowest BCUT2D eigenvalue weighted by atomic mass is 10.1. The summed E-state index contributed by atoms with van der Waals surface area (Å²) < 4.78 is 9.05. The second-order valence-corrected chi connectivity index (χ2v) is 6.73. The first-order chi connectivity index (χ1) is 14.5. The summed E-state index contributed by atoms with van der Waals surface area (Å²) in [7, 11) is 0. The summed E-state index contributed by atoms with van der Waals surface area (Å²) in [6.07, 6.45) is 1.56. The third-order valence-corrected chi connectivity index (χ3v) is 4.73. The molecule has 0 amide bonds. The van der Waals surface area contributed by atoms with Crippen LogP contribution in [0.25, 0.3) is 10.9 Å². The van der Waals surface area contributed by atoms with Crippen LogP contribution in [0.15, 0.2) is 42.6 Å². The number of rotatable bonds is 4. The molecule has 3 aromatic heterocycles. The van der Waals surface area contributed by atoms with Crippen molar-refractivity contribution in [1.29, 1.82) is 5.26 Å². The van der Waals surface area contributed by atoms with Gasteiger partial charge in [-0.15, -0.1) is 0 Å². The van der Waals surface area contributed by atoms with Crippen LogP contribution in [0, 0.1) is 25.2 Å². The Kier molecular flexibility index (Phi) is 4.82. The summed E-state index contributed by atoms with van der Waals surface area (Å²) in [5.74, 6) is 0.365. The molecule has 0 radical (unpaired) electrons.